The fraction of sp³-hybridized carbons (Fsp3) is 0.357. The van der Waals surface area contributed by atoms with Gasteiger partial charge in [0.25, 0.3) is 5.91 Å². The van der Waals surface area contributed by atoms with Crippen LogP contribution in [0.5, 0.6) is 17.2 Å². The van der Waals surface area contributed by atoms with Crippen molar-refractivity contribution in [3.63, 3.8) is 0 Å². The summed E-state index contributed by atoms with van der Waals surface area (Å²) in [4.78, 5) is 30.3. The maximum absolute atomic E-state index is 13.4. The molecule has 1 atom stereocenters. The average molecular weight is 495 g/mol. The van der Waals surface area contributed by atoms with Crippen LogP contribution in [0.25, 0.3) is 6.08 Å². The largest absolute Gasteiger partial charge is 0.503 e. The number of benzene rings is 2. The average Bonchev–Trinajstić information content (AvgIpc) is 3.17. The van der Waals surface area contributed by atoms with E-state index in [-0.39, 0.29) is 5.57 Å². The monoisotopic (exact) mass is 494 g/mol. The van der Waals surface area contributed by atoms with Gasteiger partial charge in [0.15, 0.2) is 23.0 Å². The van der Waals surface area contributed by atoms with Crippen molar-refractivity contribution in [2.45, 2.75) is 19.9 Å². The quantitative estimate of drug-likeness (QED) is 0.446. The van der Waals surface area contributed by atoms with Crippen LogP contribution in [-0.2, 0) is 9.59 Å². The molecule has 0 saturated carbocycles. The number of ether oxygens (including phenoxy) is 3. The second-order valence-electron chi connectivity index (χ2n) is 8.26. The molecule has 0 fully saturated rings. The summed E-state index contributed by atoms with van der Waals surface area (Å²) in [5.41, 5.74) is 1.41. The number of aliphatic hydroxyl groups is 1. The summed E-state index contributed by atoms with van der Waals surface area (Å²) in [6.07, 6.45) is 3.05. The zero-order valence-electron chi connectivity index (χ0n) is 21.5. The molecule has 1 N–H and O–H groups in total. The van der Waals surface area contributed by atoms with Gasteiger partial charge in [0.05, 0.1) is 32.9 Å². The molecule has 3 rings (SSSR count). The second kappa shape index (κ2) is 12.3. The topological polar surface area (TPSA) is 88.5 Å². The first-order valence-corrected chi connectivity index (χ1v) is 11.9. The zero-order valence-corrected chi connectivity index (χ0v) is 21.5. The van der Waals surface area contributed by atoms with E-state index in [2.05, 4.69) is 4.90 Å². The number of aliphatic hydroxyl groups excluding tert-OH is 1. The number of nitrogens with zero attached hydrogens (tertiary/aromatic N) is 2. The highest BCUT2D eigenvalue weighted by molar-refractivity contribution is 6.14. The summed E-state index contributed by atoms with van der Waals surface area (Å²) in [6.45, 7) is 6.65. The van der Waals surface area contributed by atoms with E-state index in [1.165, 1.54) is 32.3 Å². The third kappa shape index (κ3) is 5.54. The molecule has 0 saturated heterocycles. The van der Waals surface area contributed by atoms with Crippen LogP contribution in [0.3, 0.4) is 0 Å². The molecule has 0 radical (unpaired) electrons. The van der Waals surface area contributed by atoms with E-state index in [1.807, 2.05) is 44.2 Å². The maximum atomic E-state index is 13.4. The summed E-state index contributed by atoms with van der Waals surface area (Å²) < 4.78 is 16.5. The lowest BCUT2D eigenvalue weighted by Gasteiger charge is -2.29. The minimum absolute atomic E-state index is 0.0148. The van der Waals surface area contributed by atoms with E-state index in [0.29, 0.717) is 35.9 Å². The molecule has 8 heteroatoms. The summed E-state index contributed by atoms with van der Waals surface area (Å²) in [6, 6.07) is 11.9. The molecule has 1 amide bonds. The van der Waals surface area contributed by atoms with Gasteiger partial charge in [-0.1, -0.05) is 50.3 Å². The Kier molecular flexibility index (Phi) is 9.13. The van der Waals surface area contributed by atoms with Gasteiger partial charge in [0.1, 0.15) is 0 Å². The highest BCUT2D eigenvalue weighted by Gasteiger charge is 2.43. The van der Waals surface area contributed by atoms with Gasteiger partial charge in [0, 0.05) is 13.1 Å². The summed E-state index contributed by atoms with van der Waals surface area (Å²) in [7, 11) is 4.51. The van der Waals surface area contributed by atoms with Crippen LogP contribution in [0, 0.1) is 0 Å². The molecule has 36 heavy (non-hydrogen) atoms. The lowest BCUT2D eigenvalue weighted by atomic mass is 9.94. The first kappa shape index (κ1) is 26.8. The van der Waals surface area contributed by atoms with Gasteiger partial charge >= 0.3 is 0 Å². The normalized spacial score (nSPS) is 15.8. The fourth-order valence-corrected chi connectivity index (χ4v) is 4.36. The molecule has 1 unspecified atom stereocenters. The van der Waals surface area contributed by atoms with Crippen LogP contribution in [0.2, 0.25) is 0 Å². The Bertz CT molecular complexity index is 1110. The van der Waals surface area contributed by atoms with Crippen molar-refractivity contribution in [2.24, 2.45) is 0 Å². The highest BCUT2D eigenvalue weighted by Crippen LogP contribution is 2.45. The van der Waals surface area contributed by atoms with Gasteiger partial charge in [-0.2, -0.15) is 0 Å². The Labute approximate surface area is 212 Å². The van der Waals surface area contributed by atoms with Crippen molar-refractivity contribution in [1.29, 1.82) is 0 Å². The Morgan fingerprint density at radius 1 is 1.03 bits per heavy atom. The number of methoxy groups -OCH3 is 3. The number of hydrogen-bond donors (Lipinski definition) is 1. The van der Waals surface area contributed by atoms with E-state index >= 15 is 0 Å². The molecular formula is C28H34N2O6. The van der Waals surface area contributed by atoms with Crippen LogP contribution < -0.4 is 14.2 Å². The van der Waals surface area contributed by atoms with Crippen molar-refractivity contribution in [1.82, 2.24) is 9.80 Å². The Morgan fingerprint density at radius 3 is 2.17 bits per heavy atom. The Balaban J connectivity index is 2.09. The number of allylic oxidation sites excluding steroid dienone is 1. The predicted octanol–water partition coefficient (Wildman–Crippen LogP) is 4.03. The van der Waals surface area contributed by atoms with Crippen molar-refractivity contribution in [3.8, 4) is 17.2 Å². The Morgan fingerprint density at radius 2 is 1.64 bits per heavy atom. The van der Waals surface area contributed by atoms with Crippen molar-refractivity contribution >= 4 is 17.8 Å². The number of amides is 1. The van der Waals surface area contributed by atoms with E-state index in [4.69, 9.17) is 14.2 Å². The SMILES string of the molecule is CCN(CC)CCN1C(=O)C(O)=C(C(=O)/C=C/c2ccccc2)C1c1cc(OC)c(OC)c(OC)c1. The third-order valence-corrected chi connectivity index (χ3v) is 6.35. The first-order chi connectivity index (χ1) is 17.4. The van der Waals surface area contributed by atoms with Crippen molar-refractivity contribution < 1.29 is 28.9 Å². The minimum atomic E-state index is -0.824. The molecule has 0 spiro atoms. The number of carbonyl (C=O) groups excluding carboxylic acids is 2. The van der Waals surface area contributed by atoms with Crippen LogP contribution >= 0.6 is 0 Å². The molecule has 0 bridgehead atoms. The van der Waals surface area contributed by atoms with E-state index in [0.717, 1.165) is 18.7 Å². The number of carbonyl (C=O) groups is 2. The molecule has 8 nitrogen and oxygen atoms in total. The fourth-order valence-electron chi connectivity index (χ4n) is 4.36. The van der Waals surface area contributed by atoms with Crippen LogP contribution in [0.15, 0.2) is 59.9 Å². The van der Waals surface area contributed by atoms with Crippen molar-refractivity contribution in [3.05, 3.63) is 71.0 Å². The molecule has 2 aromatic carbocycles. The molecular weight excluding hydrogens is 460 g/mol. The number of ketones is 1. The highest BCUT2D eigenvalue weighted by atomic mass is 16.5. The molecule has 0 aliphatic carbocycles. The van der Waals surface area contributed by atoms with E-state index in [9.17, 15) is 14.7 Å². The zero-order chi connectivity index (χ0) is 26.2. The number of rotatable bonds is 12. The van der Waals surface area contributed by atoms with Crippen LogP contribution in [0.1, 0.15) is 31.0 Å². The minimum Gasteiger partial charge on any atom is -0.503 e. The van der Waals surface area contributed by atoms with E-state index < -0.39 is 23.5 Å². The van der Waals surface area contributed by atoms with Gasteiger partial charge in [-0.15, -0.1) is 0 Å². The van der Waals surface area contributed by atoms with Gasteiger partial charge in [-0.25, -0.2) is 0 Å². The maximum Gasteiger partial charge on any atom is 0.290 e. The first-order valence-electron chi connectivity index (χ1n) is 11.9. The molecule has 192 valence electrons. The van der Waals surface area contributed by atoms with Gasteiger partial charge < -0.3 is 29.1 Å². The Hall–Kier alpha value is -3.78. The van der Waals surface area contributed by atoms with Gasteiger partial charge in [0.2, 0.25) is 5.75 Å². The smallest absolute Gasteiger partial charge is 0.290 e. The molecule has 0 aromatic heterocycles. The van der Waals surface area contributed by atoms with Gasteiger partial charge in [-0.05, 0) is 42.4 Å². The lowest BCUT2D eigenvalue weighted by Crippen LogP contribution is -2.38. The third-order valence-electron chi connectivity index (χ3n) is 6.35. The van der Waals surface area contributed by atoms with Gasteiger partial charge in [-0.3, -0.25) is 9.59 Å². The molecule has 1 heterocycles. The lowest BCUT2D eigenvalue weighted by molar-refractivity contribution is -0.129. The summed E-state index contributed by atoms with van der Waals surface area (Å²) in [5, 5.41) is 10.9. The van der Waals surface area contributed by atoms with Crippen molar-refractivity contribution in [2.75, 3.05) is 47.5 Å². The van der Waals surface area contributed by atoms with Crippen LogP contribution in [0.4, 0.5) is 0 Å². The summed E-state index contributed by atoms with van der Waals surface area (Å²) >= 11 is 0. The summed E-state index contributed by atoms with van der Waals surface area (Å²) in [5.74, 6) is -0.406. The predicted molar refractivity (Wildman–Crippen MR) is 138 cm³/mol. The number of hydrogen-bond acceptors (Lipinski definition) is 7. The molecule has 2 aromatic rings. The molecule has 1 aliphatic rings. The van der Waals surface area contributed by atoms with E-state index in [1.54, 1.807) is 18.2 Å². The van der Waals surface area contributed by atoms with Crippen LogP contribution in [-0.4, -0.2) is 74.1 Å². The number of likely N-dealkylation sites (N-methyl/N-ethyl adjacent to an activating group) is 1. The molecule has 1 aliphatic heterocycles. The standard InChI is InChI=1S/C28H34N2O6/c1-6-29(7-2)15-16-30-25(20-17-22(34-3)27(36-5)23(18-20)35-4)24(26(32)28(30)33)21(31)14-13-19-11-9-8-10-12-19/h8-14,17-18,25,32H,6-7,15-16H2,1-5H3/b14-13+. The second-order valence-corrected chi connectivity index (χ2v) is 8.26.